The number of hydrogen-bond acceptors (Lipinski definition) is 4. The summed E-state index contributed by atoms with van der Waals surface area (Å²) in [6.07, 6.45) is -2.96. The molecule has 0 aromatic carbocycles. The summed E-state index contributed by atoms with van der Waals surface area (Å²) >= 11 is 0. The molecule has 0 saturated heterocycles. The van der Waals surface area contributed by atoms with Gasteiger partial charge in [0.2, 0.25) is 0 Å². The zero-order chi connectivity index (χ0) is 15.2. The Morgan fingerprint density at radius 3 is 2.55 bits per heavy atom. The number of nitrogens with zero attached hydrogens (tertiary/aromatic N) is 2. The van der Waals surface area contributed by atoms with Gasteiger partial charge >= 0.3 is 6.18 Å². The normalized spacial score (nSPS) is 22.8. The second-order valence-electron chi connectivity index (χ2n) is 4.68. The van der Waals surface area contributed by atoms with Crippen LogP contribution in [0.5, 0.6) is 0 Å². The fourth-order valence-corrected chi connectivity index (χ4v) is 3.72. The molecule has 1 rings (SSSR count). The van der Waals surface area contributed by atoms with Crippen LogP contribution in [-0.2, 0) is 15.6 Å². The van der Waals surface area contributed by atoms with E-state index in [-0.39, 0.29) is 5.92 Å². The van der Waals surface area contributed by atoms with Gasteiger partial charge in [0, 0.05) is 16.6 Å². The molecule has 114 valence electrons. The maximum Gasteiger partial charge on any atom is 0.390 e. The van der Waals surface area contributed by atoms with Crippen LogP contribution in [-0.4, -0.2) is 34.2 Å². The highest BCUT2D eigenvalue weighted by atomic mass is 32.2. The van der Waals surface area contributed by atoms with Crippen molar-refractivity contribution in [2.75, 3.05) is 12.9 Å². The van der Waals surface area contributed by atoms with Crippen LogP contribution < -0.4 is 0 Å². The summed E-state index contributed by atoms with van der Waals surface area (Å²) in [4.78, 5) is 4.66. The third-order valence-electron chi connectivity index (χ3n) is 3.25. The highest BCUT2D eigenvalue weighted by molar-refractivity contribution is 7.85. The predicted molar refractivity (Wildman–Crippen MR) is 69.5 cm³/mol. The van der Waals surface area contributed by atoms with E-state index in [1.807, 2.05) is 6.07 Å². The minimum Gasteiger partial charge on any atom is -0.399 e. The number of rotatable bonds is 5. The minimum absolute atomic E-state index is 0.134. The molecule has 0 N–H and O–H groups in total. The van der Waals surface area contributed by atoms with Crippen molar-refractivity contribution in [1.82, 2.24) is 0 Å². The molecule has 0 amide bonds. The Morgan fingerprint density at radius 2 is 2.10 bits per heavy atom. The van der Waals surface area contributed by atoms with E-state index in [2.05, 4.69) is 9.99 Å². The Labute approximate surface area is 118 Å². The van der Waals surface area contributed by atoms with Gasteiger partial charge in [0.15, 0.2) is 0 Å². The van der Waals surface area contributed by atoms with Crippen LogP contribution in [0, 0.1) is 17.2 Å². The minimum atomic E-state index is -4.33. The van der Waals surface area contributed by atoms with Crippen LogP contribution >= 0.6 is 0 Å². The van der Waals surface area contributed by atoms with Crippen LogP contribution in [0.15, 0.2) is 5.16 Å². The maximum atomic E-state index is 12.1. The average molecular weight is 310 g/mol. The van der Waals surface area contributed by atoms with Gasteiger partial charge in [0.05, 0.1) is 18.2 Å². The lowest BCUT2D eigenvalue weighted by Gasteiger charge is -2.26. The molecule has 0 bridgehead atoms. The monoisotopic (exact) mass is 310 g/mol. The fourth-order valence-electron chi connectivity index (χ4n) is 2.22. The third kappa shape index (κ3) is 5.49. The summed E-state index contributed by atoms with van der Waals surface area (Å²) in [5.74, 6) is -0.637. The Hall–Kier alpha value is -1.10. The lowest BCUT2D eigenvalue weighted by molar-refractivity contribution is -0.129. The van der Waals surface area contributed by atoms with E-state index in [1.54, 1.807) is 0 Å². The van der Waals surface area contributed by atoms with Gasteiger partial charge in [-0.2, -0.15) is 18.4 Å². The van der Waals surface area contributed by atoms with E-state index in [0.29, 0.717) is 25.7 Å². The van der Waals surface area contributed by atoms with Gasteiger partial charge in [-0.15, -0.1) is 0 Å². The SMILES string of the molecule is CON=C1CCC(C(C#N)S(=O)CCC(F)(F)F)CC1. The lowest BCUT2D eigenvalue weighted by atomic mass is 9.86. The Morgan fingerprint density at radius 1 is 1.50 bits per heavy atom. The van der Waals surface area contributed by atoms with Crippen molar-refractivity contribution in [1.29, 1.82) is 5.26 Å². The van der Waals surface area contributed by atoms with Crippen LogP contribution in [0.2, 0.25) is 0 Å². The first-order valence-corrected chi connectivity index (χ1v) is 7.68. The van der Waals surface area contributed by atoms with Crippen LogP contribution in [0.1, 0.15) is 32.1 Å². The molecule has 0 aliphatic heterocycles. The molecule has 0 spiro atoms. The molecule has 1 fully saturated rings. The summed E-state index contributed by atoms with van der Waals surface area (Å²) in [7, 11) is -0.321. The zero-order valence-corrected chi connectivity index (χ0v) is 12.0. The summed E-state index contributed by atoms with van der Waals surface area (Å²) in [6, 6.07) is 1.92. The number of alkyl halides is 3. The predicted octanol–water partition coefficient (Wildman–Crippen LogP) is 2.77. The first-order chi connectivity index (χ1) is 9.37. The van der Waals surface area contributed by atoms with Crippen molar-refractivity contribution in [2.45, 2.75) is 43.5 Å². The highest BCUT2D eigenvalue weighted by Crippen LogP contribution is 2.29. The van der Waals surface area contributed by atoms with Gasteiger partial charge in [0.25, 0.3) is 0 Å². The van der Waals surface area contributed by atoms with Gasteiger partial charge in [-0.3, -0.25) is 4.21 Å². The molecule has 1 aliphatic rings. The molecule has 0 radical (unpaired) electrons. The Balaban J connectivity index is 2.53. The molecular weight excluding hydrogens is 293 g/mol. The molecule has 2 atom stereocenters. The molecule has 20 heavy (non-hydrogen) atoms. The number of halogens is 3. The van der Waals surface area contributed by atoms with Crippen molar-refractivity contribution in [2.24, 2.45) is 11.1 Å². The van der Waals surface area contributed by atoms with E-state index in [1.165, 1.54) is 7.11 Å². The van der Waals surface area contributed by atoms with Gasteiger partial charge in [-0.05, 0) is 31.6 Å². The van der Waals surface area contributed by atoms with Crippen LogP contribution in [0.25, 0.3) is 0 Å². The van der Waals surface area contributed by atoms with E-state index < -0.39 is 34.4 Å². The number of oxime groups is 1. The smallest absolute Gasteiger partial charge is 0.390 e. The largest absolute Gasteiger partial charge is 0.399 e. The molecule has 0 aromatic rings. The molecular formula is C12H17F3N2O2S. The van der Waals surface area contributed by atoms with E-state index in [4.69, 9.17) is 5.26 Å². The quantitative estimate of drug-likeness (QED) is 0.734. The van der Waals surface area contributed by atoms with Crippen molar-refractivity contribution in [3.8, 4) is 6.07 Å². The molecule has 1 saturated carbocycles. The van der Waals surface area contributed by atoms with Gasteiger partial charge in [-0.25, -0.2) is 0 Å². The summed E-state index contributed by atoms with van der Waals surface area (Å²) in [5.41, 5.74) is 0.876. The summed E-state index contributed by atoms with van der Waals surface area (Å²) in [6.45, 7) is 0. The fraction of sp³-hybridized carbons (Fsp3) is 0.833. The second kappa shape index (κ2) is 7.62. The van der Waals surface area contributed by atoms with Gasteiger partial charge in [-0.1, -0.05) is 5.16 Å². The van der Waals surface area contributed by atoms with Crippen molar-refractivity contribution < 1.29 is 22.2 Å². The molecule has 4 nitrogen and oxygen atoms in total. The molecule has 8 heteroatoms. The maximum absolute atomic E-state index is 12.1. The molecule has 1 aliphatic carbocycles. The second-order valence-corrected chi connectivity index (χ2v) is 6.35. The molecule has 0 heterocycles. The third-order valence-corrected chi connectivity index (χ3v) is 4.92. The summed E-state index contributed by atoms with van der Waals surface area (Å²) in [5, 5.41) is 12.1. The lowest BCUT2D eigenvalue weighted by Crippen LogP contribution is -2.30. The van der Waals surface area contributed by atoms with Crippen molar-refractivity contribution in [3.05, 3.63) is 0 Å². The first kappa shape index (κ1) is 17.0. The summed E-state index contributed by atoms with van der Waals surface area (Å²) < 4.78 is 48.2. The molecule has 0 aromatic heterocycles. The topological polar surface area (TPSA) is 62.4 Å². The van der Waals surface area contributed by atoms with Crippen molar-refractivity contribution >= 4 is 16.5 Å². The standard InChI is InChI=1S/C12H17F3N2O2S/c1-19-17-10-4-2-9(3-5-10)11(8-16)20(18)7-6-12(13,14)15/h9,11H,2-7H2,1H3. The first-order valence-electron chi connectivity index (χ1n) is 6.30. The number of hydrogen-bond donors (Lipinski definition) is 0. The average Bonchev–Trinajstić information content (AvgIpc) is 2.39. The molecule has 2 unspecified atom stereocenters. The van der Waals surface area contributed by atoms with E-state index in [0.717, 1.165) is 5.71 Å². The Bertz CT molecular complexity index is 408. The van der Waals surface area contributed by atoms with Crippen LogP contribution in [0.3, 0.4) is 0 Å². The number of nitriles is 1. The van der Waals surface area contributed by atoms with E-state index >= 15 is 0 Å². The Kier molecular flexibility index (Phi) is 6.46. The van der Waals surface area contributed by atoms with E-state index in [9.17, 15) is 17.4 Å². The van der Waals surface area contributed by atoms with Gasteiger partial charge < -0.3 is 4.84 Å². The van der Waals surface area contributed by atoms with Gasteiger partial charge in [0.1, 0.15) is 12.4 Å². The zero-order valence-electron chi connectivity index (χ0n) is 11.2. The van der Waals surface area contributed by atoms with Crippen LogP contribution in [0.4, 0.5) is 13.2 Å². The highest BCUT2D eigenvalue weighted by Gasteiger charge is 2.33. The van der Waals surface area contributed by atoms with Crippen molar-refractivity contribution in [3.63, 3.8) is 0 Å².